The lowest BCUT2D eigenvalue weighted by atomic mass is 10.2. The Morgan fingerprint density at radius 1 is 1.42 bits per heavy atom. The summed E-state index contributed by atoms with van der Waals surface area (Å²) in [6.07, 6.45) is 3.18. The molecule has 2 heterocycles. The van der Waals surface area contributed by atoms with E-state index in [1.54, 1.807) is 13.0 Å². The summed E-state index contributed by atoms with van der Waals surface area (Å²) < 4.78 is 7.10. The Kier molecular flexibility index (Phi) is 4.36. The fraction of sp³-hybridized carbons (Fsp3) is 0.200. The first-order valence-corrected chi connectivity index (χ1v) is 7.16. The van der Waals surface area contributed by atoms with Crippen molar-refractivity contribution in [1.82, 2.24) is 25.5 Å². The van der Waals surface area contributed by atoms with Gasteiger partial charge in [-0.25, -0.2) is 15.1 Å². The molecule has 9 nitrogen and oxygen atoms in total. The normalized spacial score (nSPS) is 14.1. The van der Waals surface area contributed by atoms with E-state index in [0.717, 1.165) is 6.08 Å². The lowest BCUT2D eigenvalue weighted by Gasteiger charge is -2.15. The van der Waals surface area contributed by atoms with Crippen LogP contribution in [0.1, 0.15) is 24.6 Å². The quantitative estimate of drug-likeness (QED) is 0.361. The van der Waals surface area contributed by atoms with Gasteiger partial charge in [-0.15, -0.1) is 5.10 Å². The summed E-state index contributed by atoms with van der Waals surface area (Å²) in [6, 6.07) is 6.60. The minimum absolute atomic E-state index is 0.305. The zero-order valence-corrected chi connectivity index (χ0v) is 12.7. The van der Waals surface area contributed by atoms with Gasteiger partial charge in [-0.2, -0.15) is 0 Å². The molecule has 0 bridgehead atoms. The van der Waals surface area contributed by atoms with E-state index >= 15 is 0 Å². The first-order chi connectivity index (χ1) is 11.6. The molecule has 0 spiro atoms. The predicted octanol–water partition coefficient (Wildman–Crippen LogP) is 0.908. The van der Waals surface area contributed by atoms with Gasteiger partial charge in [-0.1, -0.05) is 17.3 Å². The van der Waals surface area contributed by atoms with Crippen molar-refractivity contribution in [2.75, 3.05) is 0 Å². The van der Waals surface area contributed by atoms with Crippen LogP contribution in [0.3, 0.4) is 0 Å². The maximum Gasteiger partial charge on any atom is 0.267 e. The van der Waals surface area contributed by atoms with E-state index in [-0.39, 0.29) is 0 Å². The molecule has 3 N–H and O–H groups in total. The van der Waals surface area contributed by atoms with E-state index in [1.165, 1.54) is 22.4 Å². The summed E-state index contributed by atoms with van der Waals surface area (Å²) in [5.41, 5.74) is 3.14. The van der Waals surface area contributed by atoms with E-state index in [2.05, 4.69) is 15.3 Å². The second-order valence-corrected chi connectivity index (χ2v) is 5.14. The van der Waals surface area contributed by atoms with Crippen molar-refractivity contribution in [3.63, 3.8) is 0 Å². The number of carbonyl (C=O) groups excluding carboxylic acids is 1. The highest BCUT2D eigenvalue weighted by Crippen LogP contribution is 2.25. The maximum atomic E-state index is 11.0. The van der Waals surface area contributed by atoms with Gasteiger partial charge in [0.15, 0.2) is 11.6 Å². The highest BCUT2D eigenvalue weighted by Gasteiger charge is 2.26. The van der Waals surface area contributed by atoms with Crippen LogP contribution in [0.4, 0.5) is 0 Å². The topological polar surface area (TPSA) is 126 Å². The molecule has 2 atom stereocenters. The van der Waals surface area contributed by atoms with Crippen LogP contribution in [0.5, 0.6) is 0 Å². The van der Waals surface area contributed by atoms with Gasteiger partial charge in [0.2, 0.25) is 5.89 Å². The molecule has 2 aromatic heterocycles. The van der Waals surface area contributed by atoms with Crippen molar-refractivity contribution >= 4 is 23.1 Å². The lowest BCUT2D eigenvalue weighted by Crippen LogP contribution is -2.23. The Morgan fingerprint density at radius 3 is 2.92 bits per heavy atom. The minimum atomic E-state index is -0.836. The average molecular weight is 329 g/mol. The number of aliphatic hydroxyl groups is 1. The van der Waals surface area contributed by atoms with Crippen LogP contribution in [0, 0.1) is 0 Å². The minimum Gasteiger partial charge on any atom is -0.438 e. The van der Waals surface area contributed by atoms with Gasteiger partial charge >= 0.3 is 0 Å². The van der Waals surface area contributed by atoms with Gasteiger partial charge in [-0.3, -0.25) is 10.0 Å². The van der Waals surface area contributed by atoms with E-state index in [1.807, 2.05) is 18.2 Å². The first kappa shape index (κ1) is 15.8. The van der Waals surface area contributed by atoms with Crippen LogP contribution in [0.25, 0.3) is 17.2 Å². The highest BCUT2D eigenvalue weighted by atomic mass is 16.5. The smallest absolute Gasteiger partial charge is 0.267 e. The van der Waals surface area contributed by atoms with Crippen molar-refractivity contribution in [1.29, 1.82) is 0 Å². The van der Waals surface area contributed by atoms with Crippen LogP contribution in [-0.2, 0) is 4.79 Å². The molecule has 3 aromatic rings. The van der Waals surface area contributed by atoms with Crippen molar-refractivity contribution < 1.29 is 19.5 Å². The summed E-state index contributed by atoms with van der Waals surface area (Å²) in [7, 11) is 0. The third-order valence-electron chi connectivity index (χ3n) is 3.35. The van der Waals surface area contributed by atoms with Gasteiger partial charge in [0.05, 0.1) is 12.3 Å². The Morgan fingerprint density at radius 2 is 2.21 bits per heavy atom. The summed E-state index contributed by atoms with van der Waals surface area (Å²) >= 11 is 0. The molecule has 0 aliphatic rings. The van der Waals surface area contributed by atoms with Crippen LogP contribution >= 0.6 is 0 Å². The molecule has 124 valence electrons. The van der Waals surface area contributed by atoms with Crippen molar-refractivity contribution in [2.45, 2.75) is 19.1 Å². The van der Waals surface area contributed by atoms with Gasteiger partial charge in [-0.05, 0) is 25.1 Å². The highest BCUT2D eigenvalue weighted by molar-refractivity contribution is 5.90. The number of fused-ring (bicyclic) bond motifs is 1. The van der Waals surface area contributed by atoms with Crippen LogP contribution < -0.4 is 5.48 Å². The molecule has 9 heteroatoms. The number of oxazole rings is 1. The molecule has 0 saturated heterocycles. The second-order valence-electron chi connectivity index (χ2n) is 5.14. The van der Waals surface area contributed by atoms with Gasteiger partial charge in [0.25, 0.3) is 5.91 Å². The molecule has 1 amide bonds. The molecule has 1 aromatic carbocycles. The Bertz CT molecular complexity index is 850. The Balaban J connectivity index is 1.93. The number of amides is 1. The molecule has 0 saturated carbocycles. The third kappa shape index (κ3) is 3.16. The average Bonchev–Trinajstić information content (AvgIpc) is 3.19. The number of aromatic nitrogens is 4. The van der Waals surface area contributed by atoms with Gasteiger partial charge in [0, 0.05) is 6.08 Å². The Labute approximate surface area is 136 Å². The van der Waals surface area contributed by atoms with Crippen molar-refractivity contribution in [3.05, 3.63) is 48.1 Å². The molecular weight excluding hydrogens is 314 g/mol. The fourth-order valence-corrected chi connectivity index (χ4v) is 2.26. The number of hydrogen-bond donors (Lipinski definition) is 3. The SMILES string of the molecule is CC(O)C(c1nc2ccccc2o1)n1cc(C=CC(=O)NO)nn1. The standard InChI is InChI=1S/C15H15N5O4/c1-9(21)14(15-16-11-4-2-3-5-12(11)24-15)20-8-10(17-19-20)6-7-13(22)18-23/h2-9,14,21,23H,1H3,(H,18,22). The molecule has 0 aliphatic heterocycles. The molecule has 0 radical (unpaired) electrons. The number of aliphatic hydroxyl groups excluding tert-OH is 1. The van der Waals surface area contributed by atoms with Crippen LogP contribution in [0.15, 0.2) is 41.0 Å². The van der Waals surface area contributed by atoms with Crippen molar-refractivity contribution in [3.8, 4) is 0 Å². The third-order valence-corrected chi connectivity index (χ3v) is 3.35. The number of rotatable bonds is 5. The summed E-state index contributed by atoms with van der Waals surface area (Å²) in [5, 5.41) is 26.4. The zero-order chi connectivity index (χ0) is 17.1. The van der Waals surface area contributed by atoms with E-state index < -0.39 is 18.1 Å². The number of nitrogens with one attached hydrogen (secondary N) is 1. The largest absolute Gasteiger partial charge is 0.438 e. The van der Waals surface area contributed by atoms with E-state index in [4.69, 9.17) is 9.62 Å². The number of hydrogen-bond acceptors (Lipinski definition) is 7. The number of carbonyl (C=O) groups is 1. The van der Waals surface area contributed by atoms with Crippen LogP contribution in [0.2, 0.25) is 0 Å². The second kappa shape index (κ2) is 6.60. The summed E-state index contributed by atoms with van der Waals surface area (Å²) in [6.45, 7) is 1.59. The van der Waals surface area contributed by atoms with Gasteiger partial charge < -0.3 is 9.52 Å². The zero-order valence-electron chi connectivity index (χ0n) is 12.7. The number of nitrogens with zero attached hydrogens (tertiary/aromatic N) is 4. The molecule has 2 unspecified atom stereocenters. The number of para-hydroxylation sites is 2. The molecule has 0 fully saturated rings. The monoisotopic (exact) mass is 329 g/mol. The molecule has 24 heavy (non-hydrogen) atoms. The molecule has 0 aliphatic carbocycles. The Hall–Kier alpha value is -3.04. The van der Waals surface area contributed by atoms with E-state index in [0.29, 0.717) is 22.7 Å². The lowest BCUT2D eigenvalue weighted by molar-refractivity contribution is -0.124. The number of hydroxylamine groups is 1. The predicted molar refractivity (Wildman–Crippen MR) is 82.8 cm³/mol. The van der Waals surface area contributed by atoms with E-state index in [9.17, 15) is 9.90 Å². The van der Waals surface area contributed by atoms with Crippen LogP contribution in [-0.4, -0.2) is 42.3 Å². The maximum absolute atomic E-state index is 11.0. The van der Waals surface area contributed by atoms with Crippen molar-refractivity contribution in [2.24, 2.45) is 0 Å². The summed E-state index contributed by atoms with van der Waals surface area (Å²) in [5.74, 6) is -0.379. The molecular formula is C15H15N5O4. The molecule has 3 rings (SSSR count). The number of benzene rings is 1. The van der Waals surface area contributed by atoms with Gasteiger partial charge in [0.1, 0.15) is 11.2 Å². The summed E-state index contributed by atoms with van der Waals surface area (Å²) in [4.78, 5) is 15.4. The first-order valence-electron chi connectivity index (χ1n) is 7.16. The fourth-order valence-electron chi connectivity index (χ4n) is 2.26.